The highest BCUT2D eigenvalue weighted by atomic mass is 16.5. The summed E-state index contributed by atoms with van der Waals surface area (Å²) >= 11 is 0. The maximum absolute atomic E-state index is 5.76. The monoisotopic (exact) mass is 219 g/mol. The lowest BCUT2D eigenvalue weighted by Gasteiger charge is -2.18. The summed E-state index contributed by atoms with van der Waals surface area (Å²) in [6.07, 6.45) is 2.71. The van der Waals surface area contributed by atoms with Gasteiger partial charge in [-0.1, -0.05) is 24.3 Å². The number of nitrogens with one attached hydrogen (secondary N) is 1. The molecule has 0 aromatic heterocycles. The predicted octanol–water partition coefficient (Wildman–Crippen LogP) is 2.68. The van der Waals surface area contributed by atoms with Crippen LogP contribution in [0.2, 0.25) is 0 Å². The second-order valence-corrected chi connectivity index (χ2v) is 4.68. The van der Waals surface area contributed by atoms with Crippen LogP contribution in [-0.2, 0) is 4.74 Å². The third kappa shape index (κ3) is 3.06. The van der Waals surface area contributed by atoms with Crippen molar-refractivity contribution < 1.29 is 4.74 Å². The molecule has 0 aliphatic heterocycles. The lowest BCUT2D eigenvalue weighted by Crippen LogP contribution is -2.23. The van der Waals surface area contributed by atoms with Crippen molar-refractivity contribution >= 4 is 0 Å². The van der Waals surface area contributed by atoms with Crippen LogP contribution < -0.4 is 5.32 Å². The Balaban J connectivity index is 1.90. The molecule has 1 fully saturated rings. The van der Waals surface area contributed by atoms with E-state index in [1.165, 1.54) is 24.0 Å². The maximum Gasteiger partial charge on any atom is 0.0661 e. The predicted molar refractivity (Wildman–Crippen MR) is 66.5 cm³/mol. The van der Waals surface area contributed by atoms with E-state index in [0.717, 1.165) is 19.1 Å². The Labute approximate surface area is 98.0 Å². The van der Waals surface area contributed by atoms with Gasteiger partial charge in [0.25, 0.3) is 0 Å². The number of benzene rings is 1. The summed E-state index contributed by atoms with van der Waals surface area (Å²) in [7, 11) is 2.00. The highest BCUT2D eigenvalue weighted by molar-refractivity contribution is 5.28. The van der Waals surface area contributed by atoms with Gasteiger partial charge < -0.3 is 10.1 Å². The molecular formula is C14H21NO. The van der Waals surface area contributed by atoms with E-state index in [-0.39, 0.29) is 0 Å². The Morgan fingerprint density at radius 3 is 2.75 bits per heavy atom. The Kier molecular flexibility index (Phi) is 3.97. The maximum atomic E-state index is 5.76. The van der Waals surface area contributed by atoms with Gasteiger partial charge in [-0.2, -0.15) is 0 Å². The van der Waals surface area contributed by atoms with Crippen LogP contribution in [0.5, 0.6) is 0 Å². The van der Waals surface area contributed by atoms with Gasteiger partial charge in [0.1, 0.15) is 0 Å². The summed E-state index contributed by atoms with van der Waals surface area (Å²) in [5.74, 6) is 0.842. The molecule has 16 heavy (non-hydrogen) atoms. The van der Waals surface area contributed by atoms with Gasteiger partial charge in [-0.05, 0) is 43.9 Å². The standard InChI is InChI=1S/C14H21NO/c1-11-5-3-4-6-13(11)14(15-2)10-16-9-12-7-8-12/h3-6,12,14-15H,7-10H2,1-2H3. The zero-order chi connectivity index (χ0) is 11.4. The fourth-order valence-electron chi connectivity index (χ4n) is 1.94. The molecule has 2 nitrogen and oxygen atoms in total. The summed E-state index contributed by atoms with van der Waals surface area (Å²) in [6.45, 7) is 3.86. The van der Waals surface area contributed by atoms with E-state index in [2.05, 4.69) is 36.5 Å². The minimum absolute atomic E-state index is 0.319. The fourth-order valence-corrected chi connectivity index (χ4v) is 1.94. The minimum atomic E-state index is 0.319. The van der Waals surface area contributed by atoms with Gasteiger partial charge in [0, 0.05) is 6.61 Å². The van der Waals surface area contributed by atoms with Crippen molar-refractivity contribution in [3.05, 3.63) is 35.4 Å². The molecule has 1 aromatic carbocycles. The number of aryl methyl sites for hydroxylation is 1. The summed E-state index contributed by atoms with van der Waals surface area (Å²) < 4.78 is 5.76. The molecule has 1 saturated carbocycles. The first-order valence-corrected chi connectivity index (χ1v) is 6.12. The molecule has 1 N–H and O–H groups in total. The van der Waals surface area contributed by atoms with Crippen molar-refractivity contribution in [2.45, 2.75) is 25.8 Å². The normalized spacial score (nSPS) is 17.4. The minimum Gasteiger partial charge on any atom is -0.379 e. The van der Waals surface area contributed by atoms with E-state index in [4.69, 9.17) is 4.74 Å². The molecule has 88 valence electrons. The average molecular weight is 219 g/mol. The van der Waals surface area contributed by atoms with Crippen molar-refractivity contribution in [1.82, 2.24) is 5.32 Å². The molecule has 1 atom stereocenters. The number of hydrogen-bond acceptors (Lipinski definition) is 2. The number of ether oxygens (including phenoxy) is 1. The molecule has 0 saturated heterocycles. The number of likely N-dealkylation sites (N-methyl/N-ethyl adjacent to an activating group) is 1. The van der Waals surface area contributed by atoms with Gasteiger partial charge in [-0.3, -0.25) is 0 Å². The van der Waals surface area contributed by atoms with Gasteiger partial charge in [0.05, 0.1) is 12.6 Å². The van der Waals surface area contributed by atoms with Crippen LogP contribution >= 0.6 is 0 Å². The Morgan fingerprint density at radius 1 is 1.38 bits per heavy atom. The zero-order valence-electron chi connectivity index (χ0n) is 10.2. The number of hydrogen-bond donors (Lipinski definition) is 1. The van der Waals surface area contributed by atoms with Crippen molar-refractivity contribution in [3.63, 3.8) is 0 Å². The van der Waals surface area contributed by atoms with Crippen LogP contribution in [0.4, 0.5) is 0 Å². The number of rotatable bonds is 6. The highest BCUT2D eigenvalue weighted by Gasteiger charge is 2.22. The van der Waals surface area contributed by atoms with Crippen molar-refractivity contribution in [2.24, 2.45) is 5.92 Å². The third-order valence-corrected chi connectivity index (χ3v) is 3.25. The van der Waals surface area contributed by atoms with E-state index < -0.39 is 0 Å². The first-order chi connectivity index (χ1) is 7.81. The first-order valence-electron chi connectivity index (χ1n) is 6.12. The summed E-state index contributed by atoms with van der Waals surface area (Å²) in [5, 5.41) is 3.33. The SMILES string of the molecule is CNC(COCC1CC1)c1ccccc1C. The van der Waals surface area contributed by atoms with Crippen molar-refractivity contribution in [1.29, 1.82) is 0 Å². The van der Waals surface area contributed by atoms with E-state index in [9.17, 15) is 0 Å². The fraction of sp³-hybridized carbons (Fsp3) is 0.571. The second kappa shape index (κ2) is 5.46. The molecule has 0 amide bonds. The van der Waals surface area contributed by atoms with Crippen LogP contribution in [0, 0.1) is 12.8 Å². The smallest absolute Gasteiger partial charge is 0.0661 e. The Hall–Kier alpha value is -0.860. The van der Waals surface area contributed by atoms with Crippen LogP contribution in [-0.4, -0.2) is 20.3 Å². The summed E-state index contributed by atoms with van der Waals surface area (Å²) in [6, 6.07) is 8.82. The average Bonchev–Trinajstić information content (AvgIpc) is 3.10. The third-order valence-electron chi connectivity index (χ3n) is 3.25. The molecule has 1 unspecified atom stereocenters. The van der Waals surface area contributed by atoms with Gasteiger partial charge >= 0.3 is 0 Å². The van der Waals surface area contributed by atoms with E-state index in [0.29, 0.717) is 6.04 Å². The molecule has 0 bridgehead atoms. The van der Waals surface area contributed by atoms with Gasteiger partial charge in [0.15, 0.2) is 0 Å². The van der Waals surface area contributed by atoms with Gasteiger partial charge in [-0.25, -0.2) is 0 Å². The van der Waals surface area contributed by atoms with E-state index in [1.54, 1.807) is 0 Å². The largest absolute Gasteiger partial charge is 0.379 e. The van der Waals surface area contributed by atoms with E-state index >= 15 is 0 Å². The highest BCUT2D eigenvalue weighted by Crippen LogP contribution is 2.29. The molecule has 0 radical (unpaired) electrons. The topological polar surface area (TPSA) is 21.3 Å². The summed E-state index contributed by atoms with van der Waals surface area (Å²) in [5.41, 5.74) is 2.68. The first kappa shape index (κ1) is 11.6. The van der Waals surface area contributed by atoms with E-state index in [1.807, 2.05) is 7.05 Å². The second-order valence-electron chi connectivity index (χ2n) is 4.68. The molecule has 2 heteroatoms. The lowest BCUT2D eigenvalue weighted by atomic mass is 10.0. The molecule has 0 spiro atoms. The summed E-state index contributed by atoms with van der Waals surface area (Å²) in [4.78, 5) is 0. The molecule has 1 aliphatic carbocycles. The van der Waals surface area contributed by atoms with Crippen LogP contribution in [0.15, 0.2) is 24.3 Å². The van der Waals surface area contributed by atoms with Gasteiger partial charge in [-0.15, -0.1) is 0 Å². The molecule has 0 heterocycles. The molecule has 1 aromatic rings. The molecular weight excluding hydrogens is 198 g/mol. The quantitative estimate of drug-likeness (QED) is 0.794. The van der Waals surface area contributed by atoms with Crippen molar-refractivity contribution in [2.75, 3.05) is 20.3 Å². The molecule has 1 aliphatic rings. The van der Waals surface area contributed by atoms with Crippen LogP contribution in [0.25, 0.3) is 0 Å². The van der Waals surface area contributed by atoms with Crippen LogP contribution in [0.3, 0.4) is 0 Å². The van der Waals surface area contributed by atoms with Crippen molar-refractivity contribution in [3.8, 4) is 0 Å². The molecule has 2 rings (SSSR count). The Morgan fingerprint density at radius 2 is 2.12 bits per heavy atom. The lowest BCUT2D eigenvalue weighted by molar-refractivity contribution is 0.104. The van der Waals surface area contributed by atoms with Crippen LogP contribution in [0.1, 0.15) is 30.0 Å². The van der Waals surface area contributed by atoms with Gasteiger partial charge in [0.2, 0.25) is 0 Å². The Bertz CT molecular complexity index is 333. The zero-order valence-corrected chi connectivity index (χ0v) is 10.2.